The van der Waals surface area contributed by atoms with Crippen molar-refractivity contribution in [2.75, 3.05) is 20.1 Å². The van der Waals surface area contributed by atoms with Crippen LogP contribution < -0.4 is 5.32 Å². The third-order valence-electron chi connectivity index (χ3n) is 7.10. The van der Waals surface area contributed by atoms with E-state index in [0.717, 1.165) is 24.3 Å². The number of hydrogen-bond acceptors (Lipinski definition) is 2. The Morgan fingerprint density at radius 2 is 1.74 bits per heavy atom. The van der Waals surface area contributed by atoms with Crippen LogP contribution in [0.1, 0.15) is 62.0 Å². The van der Waals surface area contributed by atoms with Crippen molar-refractivity contribution in [3.05, 3.63) is 75.9 Å². The Morgan fingerprint density at radius 1 is 1.00 bits per heavy atom. The van der Waals surface area contributed by atoms with Gasteiger partial charge in [-0.1, -0.05) is 66.7 Å². The Morgan fingerprint density at radius 3 is 2.49 bits per heavy atom. The van der Waals surface area contributed by atoms with Gasteiger partial charge in [-0.25, -0.2) is 0 Å². The van der Waals surface area contributed by atoms with Crippen molar-refractivity contribution in [3.63, 3.8) is 0 Å². The van der Waals surface area contributed by atoms with Crippen LogP contribution in [0.25, 0.3) is 17.0 Å². The Bertz CT molecular complexity index is 1140. The minimum Gasteiger partial charge on any atom is -0.361 e. The fourth-order valence-corrected chi connectivity index (χ4v) is 5.34. The number of para-hydroxylation sites is 1. The standard InChI is InChI=1S/C15H17Cl2NO.C14H18N2/c16-13-8-6-11(10-14(13)17)7-9-15(19)18-12-4-2-1-3-5-12;1-16-8-6-11(7-9-16)13-10-15-14-5-3-2-4-12(13)14/h6-10,12H,1-5H2,(H,18,19);2-5,10-11,15H,6-9H2,1H3/b9-7+;. The lowest BCUT2D eigenvalue weighted by atomic mass is 9.89. The van der Waals surface area contributed by atoms with Crippen molar-refractivity contribution in [2.24, 2.45) is 0 Å². The van der Waals surface area contributed by atoms with Crippen molar-refractivity contribution < 1.29 is 4.79 Å². The molecular weight excluding hydrogens is 477 g/mol. The highest BCUT2D eigenvalue weighted by Gasteiger charge is 2.20. The molecular formula is C29H35Cl2N3O. The number of benzene rings is 2. The second kappa shape index (κ2) is 12.6. The molecule has 2 aromatic carbocycles. The predicted molar refractivity (Wildman–Crippen MR) is 148 cm³/mol. The first-order valence-electron chi connectivity index (χ1n) is 12.7. The van der Waals surface area contributed by atoms with E-state index < -0.39 is 0 Å². The van der Waals surface area contributed by atoms with Gasteiger partial charge >= 0.3 is 0 Å². The molecule has 0 spiro atoms. The highest BCUT2D eigenvalue weighted by molar-refractivity contribution is 6.42. The van der Waals surface area contributed by atoms with E-state index in [4.69, 9.17) is 23.2 Å². The molecule has 2 aliphatic rings. The maximum atomic E-state index is 11.8. The molecule has 1 aliphatic carbocycles. The number of nitrogens with one attached hydrogen (secondary N) is 2. The molecule has 1 saturated carbocycles. The lowest BCUT2D eigenvalue weighted by Crippen LogP contribution is -2.34. The molecule has 35 heavy (non-hydrogen) atoms. The summed E-state index contributed by atoms with van der Waals surface area (Å²) in [6.07, 6.45) is 14.0. The van der Waals surface area contributed by atoms with E-state index in [0.29, 0.717) is 16.1 Å². The molecule has 1 aliphatic heterocycles. The van der Waals surface area contributed by atoms with Crippen LogP contribution in [0.2, 0.25) is 10.0 Å². The van der Waals surface area contributed by atoms with Gasteiger partial charge in [0.25, 0.3) is 0 Å². The van der Waals surface area contributed by atoms with Crippen LogP contribution in [0.5, 0.6) is 0 Å². The SMILES string of the molecule is CN1CCC(c2c[nH]c3ccccc23)CC1.O=C(/C=C/c1ccc(Cl)c(Cl)c1)NC1CCCCC1. The van der Waals surface area contributed by atoms with Crippen molar-refractivity contribution >= 4 is 46.1 Å². The zero-order valence-corrected chi connectivity index (χ0v) is 21.9. The van der Waals surface area contributed by atoms with Crippen LogP contribution in [-0.2, 0) is 4.79 Å². The molecule has 2 heterocycles. The normalized spacial score (nSPS) is 17.9. The van der Waals surface area contributed by atoms with Gasteiger partial charge < -0.3 is 15.2 Å². The predicted octanol–water partition coefficient (Wildman–Crippen LogP) is 7.43. The summed E-state index contributed by atoms with van der Waals surface area (Å²) in [6.45, 7) is 2.45. The highest BCUT2D eigenvalue weighted by Crippen LogP contribution is 2.32. The number of aromatic nitrogens is 1. The minimum absolute atomic E-state index is 0.0435. The number of carbonyl (C=O) groups is 1. The molecule has 2 fully saturated rings. The van der Waals surface area contributed by atoms with Crippen LogP contribution >= 0.6 is 23.2 Å². The summed E-state index contributed by atoms with van der Waals surface area (Å²) in [5, 5.41) is 5.46. The second-order valence-electron chi connectivity index (χ2n) is 9.72. The topological polar surface area (TPSA) is 48.1 Å². The van der Waals surface area contributed by atoms with E-state index in [1.807, 2.05) is 6.07 Å². The molecule has 6 heteroatoms. The van der Waals surface area contributed by atoms with Gasteiger partial charge in [0, 0.05) is 29.2 Å². The number of nitrogens with zero attached hydrogens (tertiary/aromatic N) is 1. The summed E-state index contributed by atoms with van der Waals surface area (Å²) in [5.74, 6) is 0.699. The average molecular weight is 513 g/mol. The third kappa shape index (κ3) is 7.36. The smallest absolute Gasteiger partial charge is 0.244 e. The van der Waals surface area contributed by atoms with Gasteiger partial charge in [-0.2, -0.15) is 0 Å². The second-order valence-corrected chi connectivity index (χ2v) is 10.5. The maximum Gasteiger partial charge on any atom is 0.244 e. The Kier molecular flexibility index (Phi) is 9.31. The average Bonchev–Trinajstić information content (AvgIpc) is 3.31. The summed E-state index contributed by atoms with van der Waals surface area (Å²) < 4.78 is 0. The zero-order chi connectivity index (χ0) is 24.6. The number of piperidine rings is 1. The molecule has 2 N–H and O–H groups in total. The number of hydrogen-bond donors (Lipinski definition) is 2. The van der Waals surface area contributed by atoms with Gasteiger partial charge in [0.1, 0.15) is 0 Å². The molecule has 1 aromatic heterocycles. The van der Waals surface area contributed by atoms with Gasteiger partial charge in [-0.05, 0) is 87.1 Å². The number of likely N-dealkylation sites (tertiary alicyclic amines) is 1. The first-order valence-corrected chi connectivity index (χ1v) is 13.4. The summed E-state index contributed by atoms with van der Waals surface area (Å²) >= 11 is 11.8. The zero-order valence-electron chi connectivity index (χ0n) is 20.4. The van der Waals surface area contributed by atoms with Gasteiger partial charge in [-0.3, -0.25) is 4.79 Å². The molecule has 1 amide bonds. The number of rotatable bonds is 4. The van der Waals surface area contributed by atoms with Crippen LogP contribution in [0.4, 0.5) is 0 Å². The molecule has 0 atom stereocenters. The maximum absolute atomic E-state index is 11.8. The Hall–Kier alpha value is -2.27. The fourth-order valence-electron chi connectivity index (χ4n) is 5.04. The highest BCUT2D eigenvalue weighted by atomic mass is 35.5. The van der Waals surface area contributed by atoms with Crippen LogP contribution in [-0.4, -0.2) is 42.0 Å². The van der Waals surface area contributed by atoms with Gasteiger partial charge in [0.15, 0.2) is 0 Å². The van der Waals surface area contributed by atoms with Crippen LogP contribution in [0.3, 0.4) is 0 Å². The minimum atomic E-state index is -0.0435. The molecule has 3 aromatic rings. The Balaban J connectivity index is 0.000000167. The van der Waals surface area contributed by atoms with Crippen molar-refractivity contribution in [1.82, 2.24) is 15.2 Å². The lowest BCUT2D eigenvalue weighted by Gasteiger charge is -2.28. The number of H-pyrrole nitrogens is 1. The molecule has 4 nitrogen and oxygen atoms in total. The molecule has 186 valence electrons. The summed E-state index contributed by atoms with van der Waals surface area (Å²) in [6, 6.07) is 14.3. The number of aromatic amines is 1. The summed E-state index contributed by atoms with van der Waals surface area (Å²) in [5.41, 5.74) is 3.66. The van der Waals surface area contributed by atoms with Crippen molar-refractivity contribution in [2.45, 2.75) is 56.9 Å². The van der Waals surface area contributed by atoms with E-state index in [2.05, 4.69) is 52.7 Å². The molecule has 0 bridgehead atoms. The number of amides is 1. The van der Waals surface area contributed by atoms with Gasteiger partial charge in [-0.15, -0.1) is 0 Å². The monoisotopic (exact) mass is 511 g/mol. The largest absolute Gasteiger partial charge is 0.361 e. The Labute approximate surface area is 218 Å². The molecule has 1 saturated heterocycles. The molecule has 0 radical (unpaired) electrons. The van der Waals surface area contributed by atoms with E-state index in [9.17, 15) is 4.79 Å². The van der Waals surface area contributed by atoms with Crippen molar-refractivity contribution in [3.8, 4) is 0 Å². The van der Waals surface area contributed by atoms with E-state index in [1.54, 1.807) is 24.3 Å². The van der Waals surface area contributed by atoms with E-state index in [1.165, 1.54) is 61.7 Å². The van der Waals surface area contributed by atoms with E-state index >= 15 is 0 Å². The fraction of sp³-hybridized carbons (Fsp3) is 0.414. The van der Waals surface area contributed by atoms with Crippen molar-refractivity contribution in [1.29, 1.82) is 0 Å². The molecule has 5 rings (SSSR count). The molecule has 0 unspecified atom stereocenters. The lowest BCUT2D eigenvalue weighted by molar-refractivity contribution is -0.117. The first-order chi connectivity index (χ1) is 17.0. The first kappa shape index (κ1) is 25.8. The third-order valence-corrected chi connectivity index (χ3v) is 7.84. The van der Waals surface area contributed by atoms with Crippen LogP contribution in [0, 0.1) is 0 Å². The van der Waals surface area contributed by atoms with Gasteiger partial charge in [0.2, 0.25) is 5.91 Å². The van der Waals surface area contributed by atoms with E-state index in [-0.39, 0.29) is 5.91 Å². The summed E-state index contributed by atoms with van der Waals surface area (Å²) in [7, 11) is 2.21. The van der Waals surface area contributed by atoms with Crippen LogP contribution in [0.15, 0.2) is 54.7 Å². The number of halogens is 2. The van der Waals surface area contributed by atoms with Gasteiger partial charge in [0.05, 0.1) is 10.0 Å². The quantitative estimate of drug-likeness (QED) is 0.357. The number of carbonyl (C=O) groups excluding carboxylic acids is 1. The summed E-state index contributed by atoms with van der Waals surface area (Å²) in [4.78, 5) is 17.6. The number of fused-ring (bicyclic) bond motifs is 1.